The van der Waals surface area contributed by atoms with Crippen LogP contribution >= 0.6 is 0 Å². The number of likely N-dealkylation sites (N-methyl/N-ethyl adjacent to an activating group) is 1. The van der Waals surface area contributed by atoms with Crippen LogP contribution in [0.25, 0.3) is 0 Å². The maximum atomic E-state index is 12.2. The summed E-state index contributed by atoms with van der Waals surface area (Å²) in [7, 11) is 0. The van der Waals surface area contributed by atoms with Gasteiger partial charge in [-0.1, -0.05) is 13.3 Å². The third-order valence-corrected chi connectivity index (χ3v) is 4.20. The number of hydrogen-bond donors (Lipinski definition) is 3. The Morgan fingerprint density at radius 3 is 2.95 bits per heavy atom. The van der Waals surface area contributed by atoms with Crippen LogP contribution in [0.5, 0.6) is 0 Å². The van der Waals surface area contributed by atoms with Gasteiger partial charge in [-0.05, 0) is 31.7 Å². The lowest BCUT2D eigenvalue weighted by molar-refractivity contribution is -0.125. The summed E-state index contributed by atoms with van der Waals surface area (Å²) in [5, 5.41) is 16.0. The number of aliphatic hydroxyl groups is 1. The first-order valence-electron chi connectivity index (χ1n) is 7.47. The molecule has 0 spiro atoms. The molecule has 1 saturated carbocycles. The molecule has 110 valence electrons. The Balaban J connectivity index is 1.74. The van der Waals surface area contributed by atoms with Crippen LogP contribution in [0.1, 0.15) is 32.6 Å². The highest BCUT2D eigenvalue weighted by Crippen LogP contribution is 2.23. The van der Waals surface area contributed by atoms with E-state index in [1.54, 1.807) is 0 Å². The topological polar surface area (TPSA) is 70.6 Å². The number of carbonyl (C=O) groups excluding carboxylic acids is 1. The molecule has 1 saturated heterocycles. The first-order valence-corrected chi connectivity index (χ1v) is 7.47. The van der Waals surface area contributed by atoms with Gasteiger partial charge in [-0.2, -0.15) is 0 Å². The lowest BCUT2D eigenvalue weighted by Crippen LogP contribution is -2.45. The average Bonchev–Trinajstić information content (AvgIpc) is 2.85. The normalized spacial score (nSPS) is 35.3. The van der Waals surface area contributed by atoms with Gasteiger partial charge < -0.3 is 20.5 Å². The summed E-state index contributed by atoms with van der Waals surface area (Å²) >= 11 is 0. The Hall–Kier alpha value is -0.650. The van der Waals surface area contributed by atoms with Crippen LogP contribution in [0.3, 0.4) is 0 Å². The molecular formula is C14H26N2O3. The van der Waals surface area contributed by atoms with Crippen molar-refractivity contribution in [3.63, 3.8) is 0 Å². The van der Waals surface area contributed by atoms with Gasteiger partial charge in [0.15, 0.2) is 0 Å². The summed E-state index contributed by atoms with van der Waals surface area (Å²) in [6.45, 7) is 4.71. The van der Waals surface area contributed by atoms with E-state index in [1.807, 2.05) is 6.92 Å². The minimum atomic E-state index is -0.181. The third-order valence-electron chi connectivity index (χ3n) is 4.20. The second-order valence-corrected chi connectivity index (χ2v) is 5.74. The van der Waals surface area contributed by atoms with Gasteiger partial charge in [0.05, 0.1) is 25.2 Å². The lowest BCUT2D eigenvalue weighted by atomic mass is 9.87. The molecule has 4 atom stereocenters. The fourth-order valence-corrected chi connectivity index (χ4v) is 3.10. The predicted octanol–water partition coefficient (Wildman–Crippen LogP) is 0.278. The fourth-order valence-electron chi connectivity index (χ4n) is 3.10. The summed E-state index contributed by atoms with van der Waals surface area (Å²) < 4.78 is 5.39. The Labute approximate surface area is 115 Å². The molecule has 0 aromatic carbocycles. The van der Waals surface area contributed by atoms with E-state index in [1.165, 1.54) is 0 Å². The third kappa shape index (κ3) is 4.16. The number of rotatable bonds is 5. The van der Waals surface area contributed by atoms with Crippen molar-refractivity contribution in [2.45, 2.75) is 44.8 Å². The second kappa shape index (κ2) is 7.22. The van der Waals surface area contributed by atoms with Crippen LogP contribution < -0.4 is 10.6 Å². The van der Waals surface area contributed by atoms with Crippen molar-refractivity contribution >= 4 is 5.91 Å². The van der Waals surface area contributed by atoms with Crippen molar-refractivity contribution in [3.8, 4) is 0 Å². The van der Waals surface area contributed by atoms with E-state index in [0.29, 0.717) is 25.7 Å². The highest BCUT2D eigenvalue weighted by atomic mass is 16.5. The van der Waals surface area contributed by atoms with Gasteiger partial charge in [-0.3, -0.25) is 4.79 Å². The number of carbonyl (C=O) groups is 1. The monoisotopic (exact) mass is 270 g/mol. The number of hydrogen-bond acceptors (Lipinski definition) is 4. The molecule has 0 radical (unpaired) electrons. The number of amides is 1. The molecule has 1 aliphatic carbocycles. The molecule has 0 bridgehead atoms. The van der Waals surface area contributed by atoms with E-state index in [9.17, 15) is 9.90 Å². The quantitative estimate of drug-likeness (QED) is 0.671. The van der Waals surface area contributed by atoms with E-state index in [2.05, 4.69) is 10.6 Å². The van der Waals surface area contributed by atoms with Gasteiger partial charge in [0.2, 0.25) is 5.91 Å². The van der Waals surface area contributed by atoms with Crippen LogP contribution in [0.4, 0.5) is 0 Å². The molecule has 1 heterocycles. The van der Waals surface area contributed by atoms with Gasteiger partial charge in [0.25, 0.3) is 0 Å². The summed E-state index contributed by atoms with van der Waals surface area (Å²) in [5.74, 6) is 0.435. The average molecular weight is 270 g/mol. The highest BCUT2D eigenvalue weighted by Gasteiger charge is 2.33. The van der Waals surface area contributed by atoms with Crippen LogP contribution in [0.2, 0.25) is 0 Å². The molecule has 5 nitrogen and oxygen atoms in total. The second-order valence-electron chi connectivity index (χ2n) is 5.74. The van der Waals surface area contributed by atoms with Gasteiger partial charge >= 0.3 is 0 Å². The first kappa shape index (κ1) is 14.8. The van der Waals surface area contributed by atoms with Crippen LogP contribution in [0, 0.1) is 11.8 Å². The van der Waals surface area contributed by atoms with Crippen LogP contribution in [0.15, 0.2) is 0 Å². The molecule has 0 aromatic heterocycles. The zero-order valence-corrected chi connectivity index (χ0v) is 11.7. The van der Waals surface area contributed by atoms with Crippen molar-refractivity contribution in [2.75, 3.05) is 26.3 Å². The summed E-state index contributed by atoms with van der Waals surface area (Å²) in [5.41, 5.74) is 0. The lowest BCUT2D eigenvalue weighted by Gasteiger charge is -2.26. The van der Waals surface area contributed by atoms with Crippen molar-refractivity contribution in [3.05, 3.63) is 0 Å². The van der Waals surface area contributed by atoms with Gasteiger partial charge in [-0.15, -0.1) is 0 Å². The Morgan fingerprint density at radius 1 is 1.37 bits per heavy atom. The van der Waals surface area contributed by atoms with Gasteiger partial charge in [0.1, 0.15) is 0 Å². The van der Waals surface area contributed by atoms with E-state index < -0.39 is 0 Å². The summed E-state index contributed by atoms with van der Waals surface area (Å²) in [6, 6.07) is 0.141. The minimum Gasteiger partial charge on any atom is -0.393 e. The van der Waals surface area contributed by atoms with E-state index in [4.69, 9.17) is 4.74 Å². The predicted molar refractivity (Wildman–Crippen MR) is 72.7 cm³/mol. The number of aliphatic hydroxyl groups excluding tert-OH is 1. The molecule has 2 fully saturated rings. The smallest absolute Gasteiger partial charge is 0.227 e. The number of ether oxygens (including phenoxy) is 1. The molecule has 4 unspecified atom stereocenters. The maximum absolute atomic E-state index is 12.2. The zero-order chi connectivity index (χ0) is 13.7. The Morgan fingerprint density at radius 2 is 2.21 bits per heavy atom. The van der Waals surface area contributed by atoms with Crippen LogP contribution in [-0.4, -0.2) is 49.5 Å². The van der Waals surface area contributed by atoms with E-state index in [0.717, 1.165) is 32.2 Å². The van der Waals surface area contributed by atoms with E-state index >= 15 is 0 Å². The van der Waals surface area contributed by atoms with Crippen molar-refractivity contribution in [1.29, 1.82) is 0 Å². The zero-order valence-electron chi connectivity index (χ0n) is 11.7. The molecule has 2 rings (SSSR count). The Kier molecular flexibility index (Phi) is 5.60. The molecule has 3 N–H and O–H groups in total. The molecule has 1 amide bonds. The SMILES string of the molecule is CCNC1COCC1C(=O)NCC1CCCC(O)C1. The largest absolute Gasteiger partial charge is 0.393 e. The van der Waals surface area contributed by atoms with Crippen LogP contribution in [-0.2, 0) is 9.53 Å². The van der Waals surface area contributed by atoms with E-state index in [-0.39, 0.29) is 24.0 Å². The highest BCUT2D eigenvalue weighted by molar-refractivity contribution is 5.79. The molecule has 19 heavy (non-hydrogen) atoms. The fraction of sp³-hybridized carbons (Fsp3) is 0.929. The van der Waals surface area contributed by atoms with Crippen molar-refractivity contribution in [1.82, 2.24) is 10.6 Å². The molecule has 1 aliphatic heterocycles. The molecule has 2 aliphatic rings. The summed E-state index contributed by atoms with van der Waals surface area (Å²) in [6.07, 6.45) is 3.71. The van der Waals surface area contributed by atoms with Gasteiger partial charge in [-0.25, -0.2) is 0 Å². The van der Waals surface area contributed by atoms with Crippen molar-refractivity contribution in [2.24, 2.45) is 11.8 Å². The van der Waals surface area contributed by atoms with Crippen molar-refractivity contribution < 1.29 is 14.6 Å². The minimum absolute atomic E-state index is 0.0755. The maximum Gasteiger partial charge on any atom is 0.227 e. The Bertz CT molecular complexity index is 298. The van der Waals surface area contributed by atoms with Gasteiger partial charge in [0, 0.05) is 12.6 Å². The molecular weight excluding hydrogens is 244 g/mol. The summed E-state index contributed by atoms with van der Waals surface area (Å²) in [4.78, 5) is 12.2. The first-order chi connectivity index (χ1) is 9.20. The molecule has 0 aromatic rings. The number of nitrogens with one attached hydrogen (secondary N) is 2. The molecule has 5 heteroatoms. The standard InChI is InChI=1S/C14H26N2O3/c1-2-15-13-9-19-8-12(13)14(18)16-7-10-4-3-5-11(17)6-10/h10-13,15,17H,2-9H2,1H3,(H,16,18).